The van der Waals surface area contributed by atoms with Crippen molar-refractivity contribution < 1.29 is 22.5 Å². The molecule has 21 heavy (non-hydrogen) atoms. The quantitative estimate of drug-likeness (QED) is 0.844. The van der Waals surface area contributed by atoms with Gasteiger partial charge in [0.05, 0.1) is 12.1 Å². The SMILES string of the molecule is Cc1noc(CNC(=O)c2ccc(N)c(C(F)(F)F)c2)n1. The normalized spacial score (nSPS) is 11.4. The zero-order valence-electron chi connectivity index (χ0n) is 10.9. The summed E-state index contributed by atoms with van der Waals surface area (Å²) in [5.41, 5.74) is 3.61. The van der Waals surface area contributed by atoms with Crippen LogP contribution in [0.5, 0.6) is 0 Å². The maximum atomic E-state index is 12.7. The number of alkyl halides is 3. The summed E-state index contributed by atoms with van der Waals surface area (Å²) in [6, 6.07) is 2.94. The Bertz CT molecular complexity index is 667. The molecule has 0 saturated carbocycles. The van der Waals surface area contributed by atoms with Crippen molar-refractivity contribution in [2.75, 3.05) is 5.73 Å². The first-order chi connectivity index (χ1) is 9.77. The van der Waals surface area contributed by atoms with E-state index in [2.05, 4.69) is 15.5 Å². The Morgan fingerprint density at radius 1 is 1.43 bits per heavy atom. The Kier molecular flexibility index (Phi) is 3.83. The minimum atomic E-state index is -4.62. The highest BCUT2D eigenvalue weighted by atomic mass is 19.4. The molecule has 1 aromatic carbocycles. The number of hydrogen-bond donors (Lipinski definition) is 2. The molecule has 0 aliphatic rings. The molecule has 0 aliphatic carbocycles. The third kappa shape index (κ3) is 3.50. The number of amides is 1. The molecule has 0 spiro atoms. The molecule has 2 aromatic rings. The van der Waals surface area contributed by atoms with Gasteiger partial charge in [-0.1, -0.05) is 5.16 Å². The third-order valence-electron chi connectivity index (χ3n) is 2.59. The molecule has 1 amide bonds. The van der Waals surface area contributed by atoms with Crippen molar-refractivity contribution in [3.63, 3.8) is 0 Å². The predicted octanol–water partition coefficient (Wildman–Crippen LogP) is 1.91. The number of nitrogens with two attached hydrogens (primary N) is 1. The minimum Gasteiger partial charge on any atom is -0.398 e. The second kappa shape index (κ2) is 5.43. The van der Waals surface area contributed by atoms with Crippen molar-refractivity contribution in [2.24, 2.45) is 0 Å². The van der Waals surface area contributed by atoms with Crippen molar-refractivity contribution in [3.8, 4) is 0 Å². The van der Waals surface area contributed by atoms with E-state index in [0.717, 1.165) is 6.07 Å². The fourth-order valence-corrected chi connectivity index (χ4v) is 1.61. The lowest BCUT2D eigenvalue weighted by Crippen LogP contribution is -2.23. The molecule has 2 rings (SSSR count). The monoisotopic (exact) mass is 300 g/mol. The molecule has 0 saturated heterocycles. The molecule has 9 heteroatoms. The topological polar surface area (TPSA) is 94.0 Å². The Morgan fingerprint density at radius 2 is 2.14 bits per heavy atom. The van der Waals surface area contributed by atoms with Crippen LogP contribution in [0.2, 0.25) is 0 Å². The van der Waals surface area contributed by atoms with Crippen molar-refractivity contribution in [3.05, 3.63) is 41.0 Å². The van der Waals surface area contributed by atoms with Crippen LogP contribution in [0, 0.1) is 6.92 Å². The number of nitrogens with one attached hydrogen (secondary N) is 1. The van der Waals surface area contributed by atoms with Gasteiger partial charge in [-0.3, -0.25) is 4.79 Å². The Balaban J connectivity index is 2.12. The number of aryl methyl sites for hydroxylation is 1. The van der Waals surface area contributed by atoms with Gasteiger partial charge >= 0.3 is 6.18 Å². The molecule has 0 atom stereocenters. The fraction of sp³-hybridized carbons (Fsp3) is 0.250. The van der Waals surface area contributed by atoms with Crippen molar-refractivity contribution in [2.45, 2.75) is 19.6 Å². The highest BCUT2D eigenvalue weighted by Crippen LogP contribution is 2.33. The summed E-state index contributed by atoms with van der Waals surface area (Å²) in [5, 5.41) is 5.91. The van der Waals surface area contributed by atoms with Gasteiger partial charge in [0.1, 0.15) is 0 Å². The van der Waals surface area contributed by atoms with E-state index in [-0.39, 0.29) is 18.0 Å². The number of hydrogen-bond acceptors (Lipinski definition) is 5. The summed E-state index contributed by atoms with van der Waals surface area (Å²) in [6.45, 7) is 1.52. The second-order valence-corrected chi connectivity index (χ2v) is 4.22. The smallest absolute Gasteiger partial charge is 0.398 e. The zero-order chi connectivity index (χ0) is 15.6. The molecule has 0 bridgehead atoms. The molecule has 0 unspecified atom stereocenters. The van der Waals surface area contributed by atoms with Crippen LogP contribution in [0.4, 0.5) is 18.9 Å². The summed E-state index contributed by atoms with van der Waals surface area (Å²) in [6.07, 6.45) is -4.62. The van der Waals surface area contributed by atoms with Gasteiger partial charge in [-0.25, -0.2) is 0 Å². The molecule has 0 fully saturated rings. The van der Waals surface area contributed by atoms with Crippen molar-refractivity contribution in [1.29, 1.82) is 0 Å². The number of halogens is 3. The number of nitrogens with zero attached hydrogens (tertiary/aromatic N) is 2. The molecular formula is C12H11F3N4O2. The Labute approximate surface area is 117 Å². The molecule has 0 radical (unpaired) electrons. The highest BCUT2D eigenvalue weighted by Gasteiger charge is 2.33. The van der Waals surface area contributed by atoms with Gasteiger partial charge in [0.15, 0.2) is 5.82 Å². The lowest BCUT2D eigenvalue weighted by atomic mass is 10.1. The maximum Gasteiger partial charge on any atom is 0.418 e. The van der Waals surface area contributed by atoms with Gasteiger partial charge in [-0.2, -0.15) is 18.2 Å². The minimum absolute atomic E-state index is 0.0780. The molecule has 3 N–H and O–H groups in total. The van der Waals surface area contributed by atoms with E-state index in [4.69, 9.17) is 10.3 Å². The number of anilines is 1. The maximum absolute atomic E-state index is 12.7. The van der Waals surface area contributed by atoms with Crippen molar-refractivity contribution >= 4 is 11.6 Å². The summed E-state index contributed by atoms with van der Waals surface area (Å²) < 4.78 is 42.9. The predicted molar refractivity (Wildman–Crippen MR) is 66.1 cm³/mol. The summed E-state index contributed by atoms with van der Waals surface area (Å²) in [5.74, 6) is -0.144. The lowest BCUT2D eigenvalue weighted by Gasteiger charge is -2.11. The highest BCUT2D eigenvalue weighted by molar-refractivity contribution is 5.94. The summed E-state index contributed by atoms with van der Waals surface area (Å²) >= 11 is 0. The molecule has 112 valence electrons. The summed E-state index contributed by atoms with van der Waals surface area (Å²) in [4.78, 5) is 15.7. The first kappa shape index (κ1) is 14.8. The number of rotatable bonds is 3. The van der Waals surface area contributed by atoms with Crippen LogP contribution < -0.4 is 11.1 Å². The van der Waals surface area contributed by atoms with E-state index in [1.54, 1.807) is 6.92 Å². The van der Waals surface area contributed by atoms with E-state index >= 15 is 0 Å². The first-order valence-corrected chi connectivity index (χ1v) is 5.81. The first-order valence-electron chi connectivity index (χ1n) is 5.81. The van der Waals surface area contributed by atoms with Gasteiger partial charge < -0.3 is 15.6 Å². The zero-order valence-corrected chi connectivity index (χ0v) is 10.9. The van der Waals surface area contributed by atoms with Crippen molar-refractivity contribution in [1.82, 2.24) is 15.5 Å². The van der Waals surface area contributed by atoms with Crippen LogP contribution in [0.1, 0.15) is 27.6 Å². The van der Waals surface area contributed by atoms with Crippen LogP contribution in [-0.4, -0.2) is 16.0 Å². The van der Waals surface area contributed by atoms with Crippen LogP contribution in [-0.2, 0) is 12.7 Å². The molecule has 1 heterocycles. The van der Waals surface area contributed by atoms with Crippen LogP contribution in [0.3, 0.4) is 0 Å². The van der Waals surface area contributed by atoms with E-state index in [1.165, 1.54) is 6.07 Å². The number of carbonyl (C=O) groups excluding carboxylic acids is 1. The number of benzene rings is 1. The average Bonchev–Trinajstić information content (AvgIpc) is 2.81. The molecule has 6 nitrogen and oxygen atoms in total. The number of aromatic nitrogens is 2. The lowest BCUT2D eigenvalue weighted by molar-refractivity contribution is -0.136. The van der Waals surface area contributed by atoms with E-state index in [1.807, 2.05) is 0 Å². The van der Waals surface area contributed by atoms with Crippen LogP contribution in [0.25, 0.3) is 0 Å². The average molecular weight is 300 g/mol. The number of nitrogen functional groups attached to an aromatic ring is 1. The van der Waals surface area contributed by atoms with E-state index < -0.39 is 23.3 Å². The molecular weight excluding hydrogens is 289 g/mol. The summed E-state index contributed by atoms with van der Waals surface area (Å²) in [7, 11) is 0. The third-order valence-corrected chi connectivity index (χ3v) is 2.59. The van der Waals surface area contributed by atoms with Crippen LogP contribution >= 0.6 is 0 Å². The van der Waals surface area contributed by atoms with Gasteiger partial charge in [0.25, 0.3) is 5.91 Å². The van der Waals surface area contributed by atoms with Crippen LogP contribution in [0.15, 0.2) is 22.7 Å². The molecule has 0 aliphatic heterocycles. The second-order valence-electron chi connectivity index (χ2n) is 4.22. The fourth-order valence-electron chi connectivity index (χ4n) is 1.61. The largest absolute Gasteiger partial charge is 0.418 e. The Morgan fingerprint density at radius 3 is 2.71 bits per heavy atom. The number of carbonyl (C=O) groups is 1. The molecule has 1 aromatic heterocycles. The van der Waals surface area contributed by atoms with Gasteiger partial charge in [-0.05, 0) is 25.1 Å². The van der Waals surface area contributed by atoms with Gasteiger partial charge in [0, 0.05) is 11.3 Å². The standard InChI is InChI=1S/C12H11F3N4O2/c1-6-18-10(21-19-6)5-17-11(20)7-2-3-9(16)8(4-7)12(13,14)15/h2-4H,5,16H2,1H3,(H,17,20). The van der Waals surface area contributed by atoms with E-state index in [9.17, 15) is 18.0 Å². The van der Waals surface area contributed by atoms with Gasteiger partial charge in [0.2, 0.25) is 5.89 Å². The Hall–Kier alpha value is -2.58. The van der Waals surface area contributed by atoms with E-state index in [0.29, 0.717) is 11.9 Å². The van der Waals surface area contributed by atoms with Gasteiger partial charge in [-0.15, -0.1) is 0 Å².